The number of rotatable bonds is 9. The van der Waals surface area contributed by atoms with Crippen LogP contribution in [-0.4, -0.2) is 76.3 Å². The summed E-state index contributed by atoms with van der Waals surface area (Å²) >= 11 is 0. The van der Waals surface area contributed by atoms with E-state index in [2.05, 4.69) is 25.4 Å². The van der Waals surface area contributed by atoms with Gasteiger partial charge in [-0.15, -0.1) is 0 Å². The van der Waals surface area contributed by atoms with E-state index in [1.54, 1.807) is 56.6 Å². The van der Waals surface area contributed by atoms with E-state index < -0.39 is 12.3 Å². The van der Waals surface area contributed by atoms with E-state index in [1.807, 2.05) is 4.90 Å². The topological polar surface area (TPSA) is 143 Å². The minimum atomic E-state index is -4.83. The first kappa shape index (κ1) is 33.0. The smallest absolute Gasteiger partial charge is 0.429 e. The second kappa shape index (κ2) is 13.3. The van der Waals surface area contributed by atoms with Crippen molar-refractivity contribution in [3.63, 3.8) is 0 Å². The van der Waals surface area contributed by atoms with Crippen LogP contribution in [0.1, 0.15) is 43.5 Å². The molecule has 1 aromatic carbocycles. The van der Waals surface area contributed by atoms with Crippen molar-refractivity contribution >= 4 is 17.7 Å². The third-order valence-corrected chi connectivity index (χ3v) is 8.88. The Kier molecular flexibility index (Phi) is 9.14. The van der Waals surface area contributed by atoms with Gasteiger partial charge in [0.25, 0.3) is 0 Å². The highest BCUT2D eigenvalue weighted by Gasteiger charge is 2.46. The number of aryl methyl sites for hydroxylation is 1. The number of aromatic nitrogens is 5. The highest BCUT2D eigenvalue weighted by atomic mass is 19.4. The molecule has 2 fully saturated rings. The monoisotopic (exact) mass is 666 g/mol. The van der Waals surface area contributed by atoms with Crippen LogP contribution in [0.2, 0.25) is 0 Å². The number of pyridine rings is 1. The SMILES string of the molecule is CCOC(=O)[C@@H]1CC2(CCN(c3cc(O[C@H](c4ccc(-c5ccnc(OC)c5)cc4-n4ccc(C)n4)C(F)(F)F)nc(N)n3)CC2)CN1. The molecule has 5 heterocycles. The summed E-state index contributed by atoms with van der Waals surface area (Å²) < 4.78 is 62.1. The Hall–Kier alpha value is -4.92. The number of nitrogen functional groups attached to an aromatic ring is 1. The summed E-state index contributed by atoms with van der Waals surface area (Å²) in [5, 5.41) is 7.68. The van der Waals surface area contributed by atoms with E-state index >= 15 is 0 Å². The molecule has 0 aliphatic carbocycles. The third-order valence-electron chi connectivity index (χ3n) is 8.88. The summed E-state index contributed by atoms with van der Waals surface area (Å²) in [7, 11) is 1.49. The van der Waals surface area contributed by atoms with E-state index in [9.17, 15) is 18.0 Å². The second-order valence-electron chi connectivity index (χ2n) is 12.1. The summed E-state index contributed by atoms with van der Waals surface area (Å²) in [6, 6.07) is 10.8. The van der Waals surface area contributed by atoms with Gasteiger partial charge < -0.3 is 30.2 Å². The van der Waals surface area contributed by atoms with Crippen LogP contribution in [0.4, 0.5) is 24.9 Å². The summed E-state index contributed by atoms with van der Waals surface area (Å²) in [4.78, 5) is 26.7. The predicted molar refractivity (Wildman–Crippen MR) is 171 cm³/mol. The molecule has 2 aliphatic rings. The number of nitrogens with two attached hydrogens (primary N) is 1. The minimum absolute atomic E-state index is 0.0813. The standard InChI is InChI=1S/C33H37F3N8O4/c1-4-47-30(45)24-18-32(19-39-24)9-13-43(14-10-32)26-17-28(41-31(37)40-26)48-29(33(34,35)36)23-6-5-21(22-7-11-38-27(16-22)46-3)15-25(23)44-12-8-20(2)42-44/h5-8,11-12,15-17,24,29,39H,4,9-10,13-14,18-19H2,1-3H3,(H2,37,40,41)/t24-,29+/m0/s1. The summed E-state index contributed by atoms with van der Waals surface area (Å²) in [6.45, 7) is 5.67. The van der Waals surface area contributed by atoms with Crippen LogP contribution in [0.25, 0.3) is 16.8 Å². The van der Waals surface area contributed by atoms with E-state index in [0.717, 1.165) is 12.8 Å². The molecule has 3 aromatic heterocycles. The molecule has 2 atom stereocenters. The number of carbonyl (C=O) groups is 1. The molecule has 0 radical (unpaired) electrons. The first-order valence-corrected chi connectivity index (χ1v) is 15.7. The third kappa shape index (κ3) is 7.00. The molecular formula is C33H37F3N8O4. The Bertz CT molecular complexity index is 1770. The zero-order valence-electron chi connectivity index (χ0n) is 26.8. The number of halogens is 3. The average Bonchev–Trinajstić information content (AvgIpc) is 3.69. The summed E-state index contributed by atoms with van der Waals surface area (Å²) in [5.74, 6) is -0.0361. The van der Waals surface area contributed by atoms with Crippen LogP contribution < -0.4 is 25.4 Å². The van der Waals surface area contributed by atoms with Gasteiger partial charge in [-0.2, -0.15) is 28.2 Å². The fourth-order valence-corrected chi connectivity index (χ4v) is 6.39. The number of methoxy groups -OCH3 is 1. The van der Waals surface area contributed by atoms with E-state index in [0.29, 0.717) is 61.2 Å². The molecule has 0 unspecified atom stereocenters. The highest BCUT2D eigenvalue weighted by Crippen LogP contribution is 2.43. The number of alkyl halides is 3. The lowest BCUT2D eigenvalue weighted by molar-refractivity contribution is -0.198. The van der Waals surface area contributed by atoms with Crippen LogP contribution in [0.5, 0.6) is 11.8 Å². The maximum Gasteiger partial charge on any atom is 0.429 e. The number of carbonyl (C=O) groups excluding carboxylic acids is 1. The highest BCUT2D eigenvalue weighted by molar-refractivity contribution is 5.76. The molecule has 48 heavy (non-hydrogen) atoms. The number of anilines is 2. The number of esters is 1. The Morgan fingerprint density at radius 2 is 1.88 bits per heavy atom. The predicted octanol–water partition coefficient (Wildman–Crippen LogP) is 4.82. The Morgan fingerprint density at radius 1 is 1.10 bits per heavy atom. The molecule has 0 amide bonds. The fourth-order valence-electron chi connectivity index (χ4n) is 6.39. The maximum absolute atomic E-state index is 14.9. The van der Waals surface area contributed by atoms with Crippen molar-refractivity contribution in [2.24, 2.45) is 5.41 Å². The molecule has 4 aromatic rings. The molecule has 254 valence electrons. The van der Waals surface area contributed by atoms with E-state index in [-0.39, 0.29) is 40.5 Å². The Balaban J connectivity index is 1.27. The van der Waals surface area contributed by atoms with Crippen molar-refractivity contribution in [3.8, 4) is 28.6 Å². The number of ether oxygens (including phenoxy) is 3. The van der Waals surface area contributed by atoms with Crippen LogP contribution in [0.3, 0.4) is 0 Å². The molecular weight excluding hydrogens is 629 g/mol. The van der Waals surface area contributed by atoms with Crippen LogP contribution in [0, 0.1) is 12.3 Å². The molecule has 6 rings (SSSR count). The molecule has 1 spiro atoms. The average molecular weight is 667 g/mol. The number of piperidine rings is 1. The van der Waals surface area contributed by atoms with E-state index in [1.165, 1.54) is 23.9 Å². The van der Waals surface area contributed by atoms with Gasteiger partial charge in [0, 0.05) is 49.7 Å². The number of hydrogen-bond donors (Lipinski definition) is 2. The van der Waals surface area contributed by atoms with Gasteiger partial charge in [0.05, 0.1) is 25.1 Å². The lowest BCUT2D eigenvalue weighted by atomic mass is 9.76. The molecule has 0 saturated carbocycles. The molecule has 2 saturated heterocycles. The zero-order valence-corrected chi connectivity index (χ0v) is 26.8. The van der Waals surface area contributed by atoms with Crippen molar-refractivity contribution in [3.05, 3.63) is 66.1 Å². The molecule has 12 nitrogen and oxygen atoms in total. The zero-order chi connectivity index (χ0) is 34.1. The van der Waals surface area contributed by atoms with Gasteiger partial charge in [-0.1, -0.05) is 12.1 Å². The maximum atomic E-state index is 14.9. The van der Waals surface area contributed by atoms with Gasteiger partial charge in [0.1, 0.15) is 11.9 Å². The summed E-state index contributed by atoms with van der Waals surface area (Å²) in [5.41, 5.74) is 7.90. The number of hydrogen-bond acceptors (Lipinski definition) is 11. The normalized spacial score (nSPS) is 18.1. The van der Waals surface area contributed by atoms with Gasteiger partial charge in [0.2, 0.25) is 23.8 Å². The second-order valence-corrected chi connectivity index (χ2v) is 12.1. The fraction of sp³-hybridized carbons (Fsp3) is 0.424. The van der Waals surface area contributed by atoms with Gasteiger partial charge >= 0.3 is 12.1 Å². The van der Waals surface area contributed by atoms with Crippen molar-refractivity contribution < 1.29 is 32.2 Å². The molecule has 2 aliphatic heterocycles. The summed E-state index contributed by atoms with van der Waals surface area (Å²) in [6.07, 6.45) is -1.91. The van der Waals surface area contributed by atoms with Crippen molar-refractivity contribution in [1.29, 1.82) is 0 Å². The number of nitrogens with one attached hydrogen (secondary N) is 1. The molecule has 3 N–H and O–H groups in total. The minimum Gasteiger partial charge on any atom is -0.481 e. The lowest BCUT2D eigenvalue weighted by Crippen LogP contribution is -2.41. The first-order valence-electron chi connectivity index (χ1n) is 15.7. The van der Waals surface area contributed by atoms with Crippen LogP contribution >= 0.6 is 0 Å². The largest absolute Gasteiger partial charge is 0.481 e. The Labute approximate surface area is 275 Å². The Morgan fingerprint density at radius 3 is 2.56 bits per heavy atom. The van der Waals surface area contributed by atoms with Crippen molar-refractivity contribution in [2.75, 3.05) is 44.0 Å². The number of benzene rings is 1. The van der Waals surface area contributed by atoms with Gasteiger partial charge in [0.15, 0.2) is 0 Å². The number of nitrogens with zero attached hydrogens (tertiary/aromatic N) is 6. The van der Waals surface area contributed by atoms with Gasteiger partial charge in [-0.3, -0.25) is 4.79 Å². The molecule has 15 heteroatoms. The first-order chi connectivity index (χ1) is 23.0. The van der Waals surface area contributed by atoms with Crippen LogP contribution in [-0.2, 0) is 9.53 Å². The van der Waals surface area contributed by atoms with Crippen LogP contribution in [0.15, 0.2) is 54.9 Å². The van der Waals surface area contributed by atoms with Crippen molar-refractivity contribution in [1.82, 2.24) is 30.0 Å². The van der Waals surface area contributed by atoms with Gasteiger partial charge in [-0.05, 0) is 67.9 Å². The van der Waals surface area contributed by atoms with E-state index in [4.69, 9.17) is 19.9 Å². The quantitative estimate of drug-likeness (QED) is 0.238. The molecule has 0 bridgehead atoms. The lowest BCUT2D eigenvalue weighted by Gasteiger charge is -2.39. The van der Waals surface area contributed by atoms with Crippen molar-refractivity contribution in [2.45, 2.75) is 51.4 Å². The van der Waals surface area contributed by atoms with Gasteiger partial charge in [-0.25, -0.2) is 9.67 Å².